The van der Waals surface area contributed by atoms with Gasteiger partial charge in [-0.25, -0.2) is 4.79 Å². The topological polar surface area (TPSA) is 114 Å². The van der Waals surface area contributed by atoms with Crippen molar-refractivity contribution in [2.75, 3.05) is 6.61 Å². The Balaban J connectivity index is 2.81. The predicted octanol–water partition coefficient (Wildman–Crippen LogP) is 5.38. The third-order valence-electron chi connectivity index (χ3n) is 7.78. The van der Waals surface area contributed by atoms with Crippen LogP contribution in [0.1, 0.15) is 113 Å². The zero-order valence-corrected chi connectivity index (χ0v) is 25.0. The third-order valence-corrected chi connectivity index (χ3v) is 7.78. The number of carbonyl (C=O) groups is 4. The fourth-order valence-electron chi connectivity index (χ4n) is 4.99. The lowest BCUT2D eigenvalue weighted by atomic mass is 9.90. The largest absolute Gasteiger partial charge is 0.449 e. The average molecular weight is 538 g/mol. The molecule has 0 bridgehead atoms. The zero-order valence-electron chi connectivity index (χ0n) is 25.0. The van der Waals surface area contributed by atoms with Gasteiger partial charge in [0.15, 0.2) is 0 Å². The Kier molecular flexibility index (Phi) is 16.3. The van der Waals surface area contributed by atoms with Gasteiger partial charge in [-0.05, 0) is 61.7 Å². The molecule has 0 radical (unpaired) electrons. The summed E-state index contributed by atoms with van der Waals surface area (Å²) in [5.41, 5.74) is 0. The maximum absolute atomic E-state index is 13.3. The van der Waals surface area contributed by atoms with Gasteiger partial charge in [0, 0.05) is 0 Å². The first-order chi connectivity index (χ1) is 18.0. The summed E-state index contributed by atoms with van der Waals surface area (Å²) in [6.45, 7) is 14.7. The van der Waals surface area contributed by atoms with Gasteiger partial charge in [0.05, 0.1) is 12.6 Å². The van der Waals surface area contributed by atoms with Crippen LogP contribution in [0.15, 0.2) is 0 Å². The summed E-state index contributed by atoms with van der Waals surface area (Å²) >= 11 is 0. The van der Waals surface area contributed by atoms with E-state index in [9.17, 15) is 19.2 Å². The molecule has 1 aliphatic rings. The highest BCUT2D eigenvalue weighted by Gasteiger charge is 2.30. The van der Waals surface area contributed by atoms with Crippen LogP contribution < -0.4 is 16.0 Å². The van der Waals surface area contributed by atoms with Gasteiger partial charge >= 0.3 is 6.09 Å². The normalized spacial score (nSPS) is 21.1. The molecule has 220 valence electrons. The van der Waals surface area contributed by atoms with E-state index in [4.69, 9.17) is 4.74 Å². The SMILES string of the molecule is CCC(C)CC[C@@H](C=O)NC(=O)[C@H](CC(C)C)NC(=O)C(CC(C)C)NC(=O)OCC1CCCCCC1C. The van der Waals surface area contributed by atoms with Crippen LogP contribution in [-0.4, -0.2) is 48.9 Å². The molecule has 1 fully saturated rings. The quantitative estimate of drug-likeness (QED) is 0.181. The molecule has 38 heavy (non-hydrogen) atoms. The molecule has 4 unspecified atom stereocenters. The Morgan fingerprint density at radius 3 is 2.00 bits per heavy atom. The number of rotatable bonds is 16. The fraction of sp³-hybridized carbons (Fsp3) is 0.867. The van der Waals surface area contributed by atoms with E-state index in [1.165, 1.54) is 12.8 Å². The van der Waals surface area contributed by atoms with Gasteiger partial charge in [0.1, 0.15) is 18.4 Å². The summed E-state index contributed by atoms with van der Waals surface area (Å²) in [5.74, 6) is 0.813. The van der Waals surface area contributed by atoms with Crippen molar-refractivity contribution in [1.29, 1.82) is 0 Å². The molecule has 0 aliphatic heterocycles. The minimum atomic E-state index is -0.816. The number of ether oxygens (including phenoxy) is 1. The zero-order chi connectivity index (χ0) is 28.7. The molecule has 0 aromatic heterocycles. The molecule has 0 aromatic carbocycles. The van der Waals surface area contributed by atoms with Crippen LogP contribution in [0.2, 0.25) is 0 Å². The maximum atomic E-state index is 13.3. The van der Waals surface area contributed by atoms with E-state index in [1.54, 1.807) is 0 Å². The van der Waals surface area contributed by atoms with E-state index in [2.05, 4.69) is 36.7 Å². The van der Waals surface area contributed by atoms with Gasteiger partial charge in [0.25, 0.3) is 0 Å². The molecule has 1 saturated carbocycles. The van der Waals surface area contributed by atoms with Crippen molar-refractivity contribution >= 4 is 24.2 Å². The second-order valence-electron chi connectivity index (χ2n) is 12.3. The van der Waals surface area contributed by atoms with E-state index in [-0.39, 0.29) is 17.7 Å². The molecule has 8 nitrogen and oxygen atoms in total. The highest BCUT2D eigenvalue weighted by atomic mass is 16.5. The van der Waals surface area contributed by atoms with Crippen molar-refractivity contribution in [1.82, 2.24) is 16.0 Å². The second kappa shape index (κ2) is 18.2. The molecule has 1 rings (SSSR count). The van der Waals surface area contributed by atoms with E-state index in [0.717, 1.165) is 38.4 Å². The lowest BCUT2D eigenvalue weighted by Gasteiger charge is -2.26. The van der Waals surface area contributed by atoms with Crippen molar-refractivity contribution < 1.29 is 23.9 Å². The number of hydrogen-bond acceptors (Lipinski definition) is 5. The number of alkyl carbamates (subject to hydrolysis) is 1. The Labute approximate surface area is 231 Å². The van der Waals surface area contributed by atoms with Crippen LogP contribution >= 0.6 is 0 Å². The Morgan fingerprint density at radius 1 is 0.842 bits per heavy atom. The molecule has 3 amide bonds. The molecule has 8 heteroatoms. The lowest BCUT2D eigenvalue weighted by molar-refractivity contribution is -0.131. The van der Waals surface area contributed by atoms with E-state index < -0.39 is 30.1 Å². The van der Waals surface area contributed by atoms with Gasteiger partial charge in [-0.2, -0.15) is 0 Å². The minimum absolute atomic E-state index is 0.142. The summed E-state index contributed by atoms with van der Waals surface area (Å²) in [7, 11) is 0. The second-order valence-corrected chi connectivity index (χ2v) is 12.3. The monoisotopic (exact) mass is 537 g/mol. The number of nitrogens with one attached hydrogen (secondary N) is 3. The first-order valence-corrected chi connectivity index (χ1v) is 15.0. The highest BCUT2D eigenvalue weighted by Crippen LogP contribution is 2.28. The van der Waals surface area contributed by atoms with Crippen molar-refractivity contribution in [2.45, 2.75) is 131 Å². The van der Waals surface area contributed by atoms with Crippen LogP contribution in [0.25, 0.3) is 0 Å². The van der Waals surface area contributed by atoms with E-state index in [0.29, 0.717) is 43.6 Å². The van der Waals surface area contributed by atoms with Gasteiger partial charge in [-0.3, -0.25) is 9.59 Å². The molecular weight excluding hydrogens is 482 g/mol. The van der Waals surface area contributed by atoms with Gasteiger partial charge in [0.2, 0.25) is 11.8 Å². The van der Waals surface area contributed by atoms with Crippen molar-refractivity contribution in [2.24, 2.45) is 29.6 Å². The lowest BCUT2D eigenvalue weighted by Crippen LogP contribution is -2.55. The van der Waals surface area contributed by atoms with Crippen LogP contribution in [0.5, 0.6) is 0 Å². The average Bonchev–Trinajstić information content (AvgIpc) is 3.06. The smallest absolute Gasteiger partial charge is 0.407 e. The molecule has 0 heterocycles. The number of aldehydes is 1. The molecule has 3 N–H and O–H groups in total. The predicted molar refractivity (Wildman–Crippen MR) is 152 cm³/mol. The van der Waals surface area contributed by atoms with Crippen LogP contribution in [0.3, 0.4) is 0 Å². The van der Waals surface area contributed by atoms with Gasteiger partial charge in [-0.15, -0.1) is 0 Å². The Bertz CT molecular complexity index is 727. The standard InChI is InChI=1S/C30H55N3O5/c1-8-22(6)14-15-25(18-34)31-28(35)26(16-20(2)3)32-29(36)27(17-21(4)5)33-30(37)38-19-24-13-11-9-10-12-23(24)7/h18,20-27H,8-17,19H2,1-7H3,(H,31,35)(H,32,36)(H,33,37)/t22?,23?,24?,25-,26-,27?/m0/s1. The van der Waals surface area contributed by atoms with Crippen LogP contribution in [0, 0.1) is 29.6 Å². The highest BCUT2D eigenvalue weighted by molar-refractivity contribution is 5.92. The molecule has 6 atom stereocenters. The van der Waals surface area contributed by atoms with Crippen LogP contribution in [0.4, 0.5) is 4.79 Å². The minimum Gasteiger partial charge on any atom is -0.449 e. The van der Waals surface area contributed by atoms with Crippen molar-refractivity contribution in [3.8, 4) is 0 Å². The van der Waals surface area contributed by atoms with E-state index >= 15 is 0 Å². The Morgan fingerprint density at radius 2 is 1.42 bits per heavy atom. The summed E-state index contributed by atoms with van der Waals surface area (Å²) in [5, 5.41) is 8.40. The van der Waals surface area contributed by atoms with Crippen molar-refractivity contribution in [3.05, 3.63) is 0 Å². The fourth-order valence-corrected chi connectivity index (χ4v) is 4.99. The summed E-state index contributed by atoms with van der Waals surface area (Å²) in [4.78, 5) is 50.7. The summed E-state index contributed by atoms with van der Waals surface area (Å²) in [6, 6.07) is -2.20. The third kappa shape index (κ3) is 13.6. The summed E-state index contributed by atoms with van der Waals surface area (Å²) in [6.07, 6.45) is 9.22. The van der Waals surface area contributed by atoms with Gasteiger partial charge < -0.3 is 25.5 Å². The molecule has 0 aromatic rings. The van der Waals surface area contributed by atoms with Crippen molar-refractivity contribution in [3.63, 3.8) is 0 Å². The molecular formula is C30H55N3O5. The number of amides is 3. The van der Waals surface area contributed by atoms with Gasteiger partial charge in [-0.1, -0.05) is 80.6 Å². The maximum Gasteiger partial charge on any atom is 0.407 e. The summed E-state index contributed by atoms with van der Waals surface area (Å²) < 4.78 is 5.56. The van der Waals surface area contributed by atoms with Crippen LogP contribution in [-0.2, 0) is 19.1 Å². The van der Waals surface area contributed by atoms with E-state index in [1.807, 2.05) is 27.7 Å². The molecule has 0 saturated heterocycles. The first kappa shape index (κ1) is 33.9. The number of carbonyl (C=O) groups excluding carboxylic acids is 4. The number of hydrogen-bond donors (Lipinski definition) is 3. The molecule has 0 spiro atoms. The Hall–Kier alpha value is -2.12. The first-order valence-electron chi connectivity index (χ1n) is 15.0. The molecule has 1 aliphatic carbocycles.